The van der Waals surface area contributed by atoms with Gasteiger partial charge in [0.15, 0.2) is 16.8 Å². The van der Waals surface area contributed by atoms with E-state index in [2.05, 4.69) is 89.6 Å². The van der Waals surface area contributed by atoms with Crippen LogP contribution in [-0.4, -0.2) is 30.7 Å². The molecule has 0 atom stereocenters. The van der Waals surface area contributed by atoms with Gasteiger partial charge in [0.2, 0.25) is 0 Å². The van der Waals surface area contributed by atoms with E-state index < -0.39 is 16.8 Å². The molecule has 24 heavy (non-hydrogen) atoms. The standard InChI is InChI=1S/C19H27N2OPSi/c1-24(2,3)22-23-20(16-18-10-6-4-7-11-18)14-15-21(23)17-19-12-8-5-9-13-19/h4-13H,14-17H2,1-3H3. The zero-order valence-corrected chi connectivity index (χ0v) is 16.7. The highest BCUT2D eigenvalue weighted by molar-refractivity contribution is 7.49. The zero-order chi connectivity index (χ0) is 17.0. The molecular formula is C19H27N2OPSi. The monoisotopic (exact) mass is 358 g/mol. The van der Waals surface area contributed by atoms with Crippen molar-refractivity contribution in [2.75, 3.05) is 13.1 Å². The van der Waals surface area contributed by atoms with Crippen LogP contribution in [0, 0.1) is 0 Å². The van der Waals surface area contributed by atoms with Gasteiger partial charge in [-0.05, 0) is 30.8 Å². The molecule has 0 aromatic heterocycles. The van der Waals surface area contributed by atoms with Crippen LogP contribution in [0.5, 0.6) is 0 Å². The van der Waals surface area contributed by atoms with Gasteiger partial charge in [0.05, 0.1) is 0 Å². The molecule has 3 rings (SSSR count). The summed E-state index contributed by atoms with van der Waals surface area (Å²) >= 11 is 0. The summed E-state index contributed by atoms with van der Waals surface area (Å²) < 4.78 is 11.7. The van der Waals surface area contributed by atoms with Gasteiger partial charge in [-0.2, -0.15) is 0 Å². The minimum atomic E-state index is -1.59. The van der Waals surface area contributed by atoms with Crippen molar-refractivity contribution in [1.29, 1.82) is 0 Å². The van der Waals surface area contributed by atoms with Gasteiger partial charge in [-0.25, -0.2) is 9.34 Å². The Morgan fingerprint density at radius 2 is 1.21 bits per heavy atom. The van der Waals surface area contributed by atoms with Gasteiger partial charge < -0.3 is 4.21 Å². The second-order valence-electron chi connectivity index (χ2n) is 7.20. The molecule has 128 valence electrons. The fourth-order valence-corrected chi connectivity index (χ4v) is 7.14. The maximum atomic E-state index is 6.62. The van der Waals surface area contributed by atoms with E-state index >= 15 is 0 Å². The van der Waals surface area contributed by atoms with E-state index in [0.29, 0.717) is 0 Å². The highest BCUT2D eigenvalue weighted by Gasteiger charge is 2.37. The molecule has 0 unspecified atom stereocenters. The molecule has 1 heterocycles. The van der Waals surface area contributed by atoms with Crippen LogP contribution in [0.4, 0.5) is 0 Å². The van der Waals surface area contributed by atoms with Crippen LogP contribution in [0.15, 0.2) is 60.7 Å². The summed E-state index contributed by atoms with van der Waals surface area (Å²) in [5.41, 5.74) is 2.73. The second-order valence-corrected chi connectivity index (χ2v) is 13.8. The van der Waals surface area contributed by atoms with E-state index in [1.54, 1.807) is 0 Å². The van der Waals surface area contributed by atoms with E-state index in [9.17, 15) is 0 Å². The SMILES string of the molecule is C[Si](C)(C)OP1N(Cc2ccccc2)CCN1Cc1ccccc1. The van der Waals surface area contributed by atoms with Gasteiger partial charge in [-0.15, -0.1) is 0 Å². The summed E-state index contributed by atoms with van der Waals surface area (Å²) in [5.74, 6) is 0. The molecule has 0 aliphatic carbocycles. The third-order valence-electron chi connectivity index (χ3n) is 3.87. The predicted molar refractivity (Wildman–Crippen MR) is 105 cm³/mol. The van der Waals surface area contributed by atoms with Crippen LogP contribution in [0.3, 0.4) is 0 Å². The lowest BCUT2D eigenvalue weighted by Gasteiger charge is -2.33. The molecule has 5 heteroatoms. The van der Waals surface area contributed by atoms with E-state index in [-0.39, 0.29) is 0 Å². The molecule has 1 fully saturated rings. The van der Waals surface area contributed by atoms with Crippen molar-refractivity contribution in [1.82, 2.24) is 9.34 Å². The molecule has 1 aliphatic heterocycles. The lowest BCUT2D eigenvalue weighted by atomic mass is 10.2. The van der Waals surface area contributed by atoms with E-state index in [0.717, 1.165) is 26.2 Å². The van der Waals surface area contributed by atoms with Crippen LogP contribution in [-0.2, 0) is 17.3 Å². The maximum absolute atomic E-state index is 6.62. The maximum Gasteiger partial charge on any atom is 0.191 e. The summed E-state index contributed by atoms with van der Waals surface area (Å²) in [6.45, 7) is 11.0. The molecule has 2 aromatic carbocycles. The highest BCUT2D eigenvalue weighted by atomic mass is 31.2. The summed E-state index contributed by atoms with van der Waals surface area (Å²) in [7, 11) is -2.27. The normalized spacial score (nSPS) is 17.5. The first-order valence-electron chi connectivity index (χ1n) is 8.58. The lowest BCUT2D eigenvalue weighted by molar-refractivity contribution is 0.436. The van der Waals surface area contributed by atoms with Crippen molar-refractivity contribution in [2.24, 2.45) is 0 Å². The Morgan fingerprint density at radius 3 is 1.58 bits per heavy atom. The quantitative estimate of drug-likeness (QED) is 0.529. The first-order chi connectivity index (χ1) is 11.5. The highest BCUT2D eigenvalue weighted by Crippen LogP contribution is 2.52. The molecule has 0 radical (unpaired) electrons. The molecule has 0 spiro atoms. The first kappa shape index (κ1) is 17.8. The Bertz CT molecular complexity index is 583. The van der Waals surface area contributed by atoms with Crippen LogP contribution in [0.1, 0.15) is 11.1 Å². The number of nitrogens with zero attached hydrogens (tertiary/aromatic N) is 2. The summed E-state index contributed by atoms with van der Waals surface area (Å²) in [4.78, 5) is 0. The molecule has 2 aromatic rings. The Balaban J connectivity index is 1.74. The van der Waals surface area contributed by atoms with Crippen molar-refractivity contribution in [3.05, 3.63) is 71.8 Å². The Morgan fingerprint density at radius 1 is 0.792 bits per heavy atom. The van der Waals surface area contributed by atoms with Crippen molar-refractivity contribution in [3.63, 3.8) is 0 Å². The van der Waals surface area contributed by atoms with Gasteiger partial charge in [-0.3, -0.25) is 0 Å². The summed E-state index contributed by atoms with van der Waals surface area (Å²) in [6.07, 6.45) is 0. The molecule has 0 bridgehead atoms. The number of rotatable bonds is 6. The Labute approximate surface area is 148 Å². The van der Waals surface area contributed by atoms with Crippen LogP contribution in [0.2, 0.25) is 19.6 Å². The number of hydrogen-bond acceptors (Lipinski definition) is 3. The molecule has 0 N–H and O–H groups in total. The van der Waals surface area contributed by atoms with E-state index in [4.69, 9.17) is 4.21 Å². The Kier molecular flexibility index (Phi) is 5.85. The average molecular weight is 358 g/mol. The van der Waals surface area contributed by atoms with Crippen LogP contribution >= 0.6 is 8.45 Å². The third kappa shape index (κ3) is 4.98. The molecule has 0 amide bonds. The minimum Gasteiger partial charge on any atom is -0.373 e. The topological polar surface area (TPSA) is 15.7 Å². The van der Waals surface area contributed by atoms with Gasteiger partial charge in [0, 0.05) is 26.2 Å². The predicted octanol–water partition coefficient (Wildman–Crippen LogP) is 5.08. The number of hydrogen-bond donors (Lipinski definition) is 0. The van der Waals surface area contributed by atoms with Gasteiger partial charge in [0.1, 0.15) is 0 Å². The van der Waals surface area contributed by atoms with Gasteiger partial charge in [0.25, 0.3) is 0 Å². The molecule has 3 nitrogen and oxygen atoms in total. The fraction of sp³-hybridized carbons (Fsp3) is 0.368. The fourth-order valence-electron chi connectivity index (χ4n) is 2.81. The molecule has 0 saturated carbocycles. The largest absolute Gasteiger partial charge is 0.373 e. The summed E-state index contributed by atoms with van der Waals surface area (Å²) in [5, 5.41) is 0. The van der Waals surface area contributed by atoms with Gasteiger partial charge >= 0.3 is 0 Å². The van der Waals surface area contributed by atoms with E-state index in [1.165, 1.54) is 11.1 Å². The van der Waals surface area contributed by atoms with Crippen molar-refractivity contribution < 1.29 is 4.21 Å². The van der Waals surface area contributed by atoms with Crippen LogP contribution < -0.4 is 0 Å². The van der Waals surface area contributed by atoms with E-state index in [1.807, 2.05) is 0 Å². The summed E-state index contributed by atoms with van der Waals surface area (Å²) in [6, 6.07) is 21.5. The van der Waals surface area contributed by atoms with Gasteiger partial charge in [-0.1, -0.05) is 60.7 Å². The lowest BCUT2D eigenvalue weighted by Crippen LogP contribution is -2.29. The smallest absolute Gasteiger partial charge is 0.191 e. The minimum absolute atomic E-state index is 0.679. The number of benzene rings is 2. The second kappa shape index (κ2) is 7.90. The molecular weight excluding hydrogens is 331 g/mol. The third-order valence-corrected chi connectivity index (χ3v) is 8.37. The first-order valence-corrected chi connectivity index (χ1v) is 13.2. The van der Waals surface area contributed by atoms with Crippen LogP contribution in [0.25, 0.3) is 0 Å². The van der Waals surface area contributed by atoms with Crippen molar-refractivity contribution in [3.8, 4) is 0 Å². The van der Waals surface area contributed by atoms with Crippen molar-refractivity contribution in [2.45, 2.75) is 32.7 Å². The van der Waals surface area contributed by atoms with Crippen molar-refractivity contribution >= 4 is 16.8 Å². The Hall–Kier alpha value is -1.03. The average Bonchev–Trinajstić information content (AvgIpc) is 2.90. The zero-order valence-electron chi connectivity index (χ0n) is 14.9. The molecule has 1 aliphatic rings. The molecule has 1 saturated heterocycles.